The van der Waals surface area contributed by atoms with Crippen molar-refractivity contribution >= 4 is 37.1 Å². The largest absolute Gasteiger partial charge is 0.324 e. The number of nitrogens with one attached hydrogen (secondary N) is 2. The molecular weight excluding hydrogens is 447 g/mol. The van der Waals surface area contributed by atoms with Crippen molar-refractivity contribution < 1.29 is 26.0 Å². The Labute approximate surface area is 178 Å². The summed E-state index contributed by atoms with van der Waals surface area (Å²) in [6.45, 7) is 1.65. The number of hydrogen-bond donors (Lipinski definition) is 2. The molecule has 0 saturated carbocycles. The van der Waals surface area contributed by atoms with E-state index in [0.717, 1.165) is 24.5 Å². The van der Waals surface area contributed by atoms with E-state index in [1.165, 1.54) is 29.1 Å². The molecule has 0 aliphatic carbocycles. The number of carbonyl (C=O) groups is 1. The number of aromatic nitrogens is 2. The van der Waals surface area contributed by atoms with Gasteiger partial charge in [0.2, 0.25) is 5.91 Å². The fourth-order valence-corrected chi connectivity index (χ4v) is 4.54. The summed E-state index contributed by atoms with van der Waals surface area (Å²) in [5.74, 6) is -1.48. The third kappa shape index (κ3) is 5.27. The molecule has 1 heterocycles. The quantitative estimate of drug-likeness (QED) is 0.515. The summed E-state index contributed by atoms with van der Waals surface area (Å²) in [6.07, 6.45) is 4.06. The van der Waals surface area contributed by atoms with Crippen LogP contribution in [0.3, 0.4) is 0 Å². The molecule has 0 fully saturated rings. The lowest BCUT2D eigenvalue weighted by molar-refractivity contribution is -0.119. The van der Waals surface area contributed by atoms with Crippen molar-refractivity contribution in [2.75, 3.05) is 16.3 Å². The van der Waals surface area contributed by atoms with Crippen molar-refractivity contribution in [3.63, 3.8) is 0 Å². The second-order valence-corrected chi connectivity index (χ2v) is 10.4. The molecule has 164 valence electrons. The lowest BCUT2D eigenvalue weighted by Gasteiger charge is -2.14. The van der Waals surface area contributed by atoms with Gasteiger partial charge in [-0.1, -0.05) is 6.07 Å². The fraction of sp³-hybridized carbons (Fsp3) is 0.158. The number of anilines is 2. The highest BCUT2D eigenvalue weighted by molar-refractivity contribution is 7.93. The molecule has 1 aromatic heterocycles. The highest BCUT2D eigenvalue weighted by Crippen LogP contribution is 2.24. The summed E-state index contributed by atoms with van der Waals surface area (Å²) in [4.78, 5) is 11.2. The first-order chi connectivity index (χ1) is 14.5. The van der Waals surface area contributed by atoms with E-state index in [-0.39, 0.29) is 16.5 Å². The first-order valence-corrected chi connectivity index (χ1v) is 12.3. The van der Waals surface area contributed by atoms with E-state index in [0.29, 0.717) is 5.69 Å². The number of nitrogens with zero attached hydrogens (tertiary/aromatic N) is 2. The maximum atomic E-state index is 14.2. The Morgan fingerprint density at radius 2 is 1.77 bits per heavy atom. The smallest absolute Gasteiger partial charge is 0.264 e. The minimum atomic E-state index is -4.44. The fourth-order valence-electron chi connectivity index (χ4n) is 2.67. The van der Waals surface area contributed by atoms with Gasteiger partial charge in [-0.25, -0.2) is 21.2 Å². The van der Waals surface area contributed by atoms with Crippen LogP contribution in [-0.2, 0) is 24.7 Å². The summed E-state index contributed by atoms with van der Waals surface area (Å²) in [6, 6.07) is 9.39. The van der Waals surface area contributed by atoms with Gasteiger partial charge in [0.05, 0.1) is 10.6 Å². The molecule has 1 atom stereocenters. The Kier molecular flexibility index (Phi) is 6.13. The van der Waals surface area contributed by atoms with Crippen LogP contribution in [0.25, 0.3) is 0 Å². The summed E-state index contributed by atoms with van der Waals surface area (Å²) in [5, 5.41) is 6.65. The van der Waals surface area contributed by atoms with Gasteiger partial charge in [-0.2, -0.15) is 5.10 Å². The minimum Gasteiger partial charge on any atom is -0.324 e. The average Bonchev–Trinajstić information content (AvgIpc) is 3.21. The lowest BCUT2D eigenvalue weighted by atomic mass is 10.2. The summed E-state index contributed by atoms with van der Waals surface area (Å²) in [7, 11) is -8.18. The van der Waals surface area contributed by atoms with E-state index in [1.54, 1.807) is 25.3 Å². The molecule has 0 bridgehead atoms. The molecular formula is C19H19FN4O5S2. The molecule has 9 nitrogen and oxygen atoms in total. The maximum absolute atomic E-state index is 14.2. The first kappa shape index (κ1) is 22.4. The second kappa shape index (κ2) is 8.47. The van der Waals surface area contributed by atoms with Crippen LogP contribution in [0.1, 0.15) is 13.0 Å². The molecule has 12 heteroatoms. The highest BCUT2D eigenvalue weighted by Gasteiger charge is 2.22. The maximum Gasteiger partial charge on any atom is 0.264 e. The highest BCUT2D eigenvalue weighted by atomic mass is 32.2. The van der Waals surface area contributed by atoms with Gasteiger partial charge in [0.1, 0.15) is 16.8 Å². The molecule has 3 rings (SSSR count). The van der Waals surface area contributed by atoms with Crippen LogP contribution in [0, 0.1) is 5.82 Å². The predicted molar refractivity (Wildman–Crippen MR) is 112 cm³/mol. The van der Waals surface area contributed by atoms with Gasteiger partial charge in [0.25, 0.3) is 10.0 Å². The molecule has 2 aromatic carbocycles. The number of benzene rings is 2. The van der Waals surface area contributed by atoms with Crippen LogP contribution in [0.15, 0.2) is 70.7 Å². The molecule has 2 N–H and O–H groups in total. The number of hydrogen-bond acceptors (Lipinski definition) is 6. The molecule has 0 aliphatic rings. The van der Waals surface area contributed by atoms with Crippen molar-refractivity contribution in [1.29, 1.82) is 0 Å². The van der Waals surface area contributed by atoms with E-state index >= 15 is 0 Å². The number of amides is 1. The minimum absolute atomic E-state index is 0.0497. The summed E-state index contributed by atoms with van der Waals surface area (Å²) in [5.41, 5.74) is 0.350. The lowest BCUT2D eigenvalue weighted by Crippen LogP contribution is -2.24. The molecule has 0 radical (unpaired) electrons. The number of rotatable bonds is 7. The molecule has 0 saturated heterocycles. The van der Waals surface area contributed by atoms with Gasteiger partial charge >= 0.3 is 0 Å². The molecule has 0 spiro atoms. The Morgan fingerprint density at radius 1 is 1.06 bits per heavy atom. The zero-order valence-electron chi connectivity index (χ0n) is 16.5. The van der Waals surface area contributed by atoms with Gasteiger partial charge in [-0.05, 0) is 49.4 Å². The van der Waals surface area contributed by atoms with Crippen molar-refractivity contribution in [3.05, 3.63) is 66.7 Å². The van der Waals surface area contributed by atoms with Crippen molar-refractivity contribution in [3.8, 4) is 0 Å². The van der Waals surface area contributed by atoms with Crippen LogP contribution < -0.4 is 10.0 Å². The normalized spacial score (nSPS) is 12.9. The molecule has 3 aromatic rings. The van der Waals surface area contributed by atoms with Gasteiger partial charge in [-0.15, -0.1) is 0 Å². The molecule has 0 aliphatic heterocycles. The van der Waals surface area contributed by atoms with Gasteiger partial charge in [-0.3, -0.25) is 14.2 Å². The van der Waals surface area contributed by atoms with Crippen molar-refractivity contribution in [1.82, 2.24) is 9.78 Å². The zero-order chi connectivity index (χ0) is 22.8. The van der Waals surface area contributed by atoms with Crippen LogP contribution in [0.5, 0.6) is 0 Å². The van der Waals surface area contributed by atoms with E-state index in [2.05, 4.69) is 15.1 Å². The Bertz CT molecular complexity index is 1320. The molecule has 31 heavy (non-hydrogen) atoms. The number of sulfonamides is 1. The third-order valence-electron chi connectivity index (χ3n) is 4.30. The first-order valence-electron chi connectivity index (χ1n) is 8.90. The van der Waals surface area contributed by atoms with Crippen LogP contribution in [0.2, 0.25) is 0 Å². The third-order valence-corrected chi connectivity index (χ3v) is 6.81. The summed E-state index contributed by atoms with van der Waals surface area (Å²) < 4.78 is 66.5. The van der Waals surface area contributed by atoms with E-state index in [4.69, 9.17) is 0 Å². The Hall–Kier alpha value is -3.25. The van der Waals surface area contributed by atoms with Gasteiger partial charge in [0, 0.05) is 24.3 Å². The Morgan fingerprint density at radius 3 is 2.42 bits per heavy atom. The molecule has 1 amide bonds. The Balaban J connectivity index is 1.83. The van der Waals surface area contributed by atoms with E-state index in [1.807, 2.05) is 0 Å². The van der Waals surface area contributed by atoms with Crippen LogP contribution in [-0.4, -0.2) is 38.8 Å². The van der Waals surface area contributed by atoms with E-state index in [9.17, 15) is 26.0 Å². The zero-order valence-corrected chi connectivity index (χ0v) is 18.1. The summed E-state index contributed by atoms with van der Waals surface area (Å²) >= 11 is 0. The molecule has 0 unspecified atom stereocenters. The second-order valence-electron chi connectivity index (χ2n) is 6.70. The van der Waals surface area contributed by atoms with Crippen molar-refractivity contribution in [2.45, 2.75) is 22.8 Å². The number of sulfone groups is 1. The monoisotopic (exact) mass is 466 g/mol. The van der Waals surface area contributed by atoms with Gasteiger partial charge in [0.15, 0.2) is 9.84 Å². The number of halogens is 1. The number of carbonyl (C=O) groups excluding carboxylic acids is 1. The van der Waals surface area contributed by atoms with Crippen LogP contribution in [0.4, 0.5) is 15.8 Å². The average molecular weight is 467 g/mol. The topological polar surface area (TPSA) is 127 Å². The predicted octanol–water partition coefficient (Wildman–Crippen LogP) is 2.43. The van der Waals surface area contributed by atoms with Crippen LogP contribution >= 0.6 is 0 Å². The van der Waals surface area contributed by atoms with Crippen molar-refractivity contribution in [2.24, 2.45) is 0 Å². The van der Waals surface area contributed by atoms with Gasteiger partial charge < -0.3 is 5.32 Å². The SMILES string of the molecule is C[C@@H](C(=O)Nc1cccc(NS(=O)(=O)c2cc(S(C)(=O)=O)ccc2F)c1)n1cccn1. The standard InChI is InChI=1S/C19H19FN4O5S2/c1-13(24-10-4-9-21-24)19(25)22-14-5-3-6-15(11-14)23-31(28,29)18-12-16(30(2,26)27)7-8-17(18)20/h3-13,23H,1-2H3,(H,22,25)/t13-/m0/s1. The van der Waals surface area contributed by atoms with E-state index < -0.39 is 36.6 Å².